The van der Waals surface area contributed by atoms with E-state index >= 15 is 0 Å². The van der Waals surface area contributed by atoms with Crippen molar-refractivity contribution in [2.24, 2.45) is 5.92 Å². The summed E-state index contributed by atoms with van der Waals surface area (Å²) in [6.07, 6.45) is 3.12. The summed E-state index contributed by atoms with van der Waals surface area (Å²) in [4.78, 5) is 5.45. The van der Waals surface area contributed by atoms with E-state index in [1.54, 1.807) is 0 Å². The molecule has 5 nitrogen and oxygen atoms in total. The Labute approximate surface area is 113 Å². The van der Waals surface area contributed by atoms with Gasteiger partial charge in [0.05, 0.1) is 5.69 Å². The van der Waals surface area contributed by atoms with Gasteiger partial charge in [-0.25, -0.2) is 0 Å². The van der Waals surface area contributed by atoms with Gasteiger partial charge < -0.3 is 15.2 Å². The smallest absolute Gasteiger partial charge is 0.151 e. The zero-order valence-electron chi connectivity index (χ0n) is 11.1. The van der Waals surface area contributed by atoms with Crippen LogP contribution in [0.2, 0.25) is 0 Å². The minimum atomic E-state index is 0.717. The van der Waals surface area contributed by atoms with E-state index in [-0.39, 0.29) is 0 Å². The van der Waals surface area contributed by atoms with Crippen molar-refractivity contribution in [3.8, 4) is 11.4 Å². The molecule has 3 rings (SSSR count). The van der Waals surface area contributed by atoms with Gasteiger partial charge in [-0.1, -0.05) is 0 Å². The molecular formula is C14H19N5. The van der Waals surface area contributed by atoms with Crippen LogP contribution in [0.15, 0.2) is 30.5 Å². The molecule has 0 spiro atoms. The van der Waals surface area contributed by atoms with Gasteiger partial charge in [0, 0.05) is 19.3 Å². The summed E-state index contributed by atoms with van der Waals surface area (Å²) in [6, 6.07) is 8.06. The SMILES string of the molecule is CNCC1CCN(c2ccc(-c3ccc[nH]3)nn2)C1. The van der Waals surface area contributed by atoms with Crippen molar-refractivity contribution in [2.45, 2.75) is 6.42 Å². The summed E-state index contributed by atoms with van der Waals surface area (Å²) in [6.45, 7) is 3.21. The van der Waals surface area contributed by atoms with Gasteiger partial charge in [-0.2, -0.15) is 0 Å². The van der Waals surface area contributed by atoms with Crippen LogP contribution in [0.4, 0.5) is 5.82 Å². The summed E-state index contributed by atoms with van der Waals surface area (Å²) >= 11 is 0. The number of hydrogen-bond acceptors (Lipinski definition) is 4. The van der Waals surface area contributed by atoms with Crippen LogP contribution in [0.1, 0.15) is 6.42 Å². The van der Waals surface area contributed by atoms with Gasteiger partial charge in [0.2, 0.25) is 0 Å². The Morgan fingerprint density at radius 1 is 1.37 bits per heavy atom. The number of nitrogens with one attached hydrogen (secondary N) is 2. The molecule has 0 saturated carbocycles. The van der Waals surface area contributed by atoms with E-state index in [1.165, 1.54) is 6.42 Å². The van der Waals surface area contributed by atoms with Crippen molar-refractivity contribution < 1.29 is 0 Å². The Morgan fingerprint density at radius 3 is 3.00 bits per heavy atom. The van der Waals surface area contributed by atoms with Gasteiger partial charge in [0.15, 0.2) is 5.82 Å². The summed E-state index contributed by atoms with van der Waals surface area (Å²) in [5.41, 5.74) is 1.90. The fourth-order valence-electron chi connectivity index (χ4n) is 2.62. The molecule has 1 atom stereocenters. The molecule has 0 aliphatic carbocycles. The van der Waals surface area contributed by atoms with E-state index in [9.17, 15) is 0 Å². The Balaban J connectivity index is 1.70. The quantitative estimate of drug-likeness (QED) is 0.872. The number of nitrogens with zero attached hydrogens (tertiary/aromatic N) is 3. The summed E-state index contributed by atoms with van der Waals surface area (Å²) in [7, 11) is 2.01. The van der Waals surface area contributed by atoms with Crippen molar-refractivity contribution in [2.75, 3.05) is 31.6 Å². The van der Waals surface area contributed by atoms with E-state index < -0.39 is 0 Å². The van der Waals surface area contributed by atoms with Crippen molar-refractivity contribution >= 4 is 5.82 Å². The summed E-state index contributed by atoms with van der Waals surface area (Å²) in [5.74, 6) is 1.70. The van der Waals surface area contributed by atoms with E-state index in [0.29, 0.717) is 0 Å². The van der Waals surface area contributed by atoms with Crippen LogP contribution in [0.5, 0.6) is 0 Å². The van der Waals surface area contributed by atoms with Crippen molar-refractivity contribution in [3.05, 3.63) is 30.5 Å². The lowest BCUT2D eigenvalue weighted by atomic mass is 10.1. The number of aromatic amines is 1. The third-order valence-corrected chi connectivity index (χ3v) is 3.63. The van der Waals surface area contributed by atoms with Crippen molar-refractivity contribution in [3.63, 3.8) is 0 Å². The molecule has 19 heavy (non-hydrogen) atoms. The Kier molecular flexibility index (Phi) is 3.46. The van der Waals surface area contributed by atoms with Crippen molar-refractivity contribution in [1.82, 2.24) is 20.5 Å². The largest absolute Gasteiger partial charge is 0.360 e. The highest BCUT2D eigenvalue weighted by molar-refractivity contribution is 5.55. The Bertz CT molecular complexity index is 505. The minimum Gasteiger partial charge on any atom is -0.360 e. The molecule has 0 bridgehead atoms. The first kappa shape index (κ1) is 12.2. The topological polar surface area (TPSA) is 56.8 Å². The molecule has 0 amide bonds. The van der Waals surface area contributed by atoms with Gasteiger partial charge in [-0.15, -0.1) is 10.2 Å². The van der Waals surface area contributed by atoms with E-state index in [1.807, 2.05) is 31.4 Å². The van der Waals surface area contributed by atoms with Gasteiger partial charge in [0.1, 0.15) is 5.69 Å². The van der Waals surface area contributed by atoms with Crippen LogP contribution in [-0.2, 0) is 0 Å². The van der Waals surface area contributed by atoms with Crippen LogP contribution in [0.3, 0.4) is 0 Å². The maximum absolute atomic E-state index is 4.35. The molecule has 1 fully saturated rings. The van der Waals surface area contributed by atoms with Gasteiger partial charge in [0.25, 0.3) is 0 Å². The number of rotatable bonds is 4. The lowest BCUT2D eigenvalue weighted by Crippen LogP contribution is -2.25. The molecule has 2 aromatic heterocycles. The average molecular weight is 257 g/mol. The Morgan fingerprint density at radius 2 is 2.32 bits per heavy atom. The maximum atomic E-state index is 4.35. The van der Waals surface area contributed by atoms with Crippen LogP contribution >= 0.6 is 0 Å². The molecule has 1 aliphatic heterocycles. The highest BCUT2D eigenvalue weighted by atomic mass is 15.3. The van der Waals surface area contributed by atoms with Crippen LogP contribution in [0, 0.1) is 5.92 Å². The number of anilines is 1. The molecule has 1 unspecified atom stereocenters. The fraction of sp³-hybridized carbons (Fsp3) is 0.429. The number of hydrogen-bond donors (Lipinski definition) is 2. The van der Waals surface area contributed by atoms with E-state index in [0.717, 1.165) is 42.8 Å². The monoisotopic (exact) mass is 257 g/mol. The third kappa shape index (κ3) is 2.61. The molecule has 0 radical (unpaired) electrons. The summed E-state index contributed by atoms with van der Waals surface area (Å²) < 4.78 is 0. The van der Waals surface area contributed by atoms with Crippen LogP contribution < -0.4 is 10.2 Å². The van der Waals surface area contributed by atoms with Crippen LogP contribution in [0.25, 0.3) is 11.4 Å². The van der Waals surface area contributed by atoms with Crippen LogP contribution in [-0.4, -0.2) is 41.9 Å². The molecule has 1 saturated heterocycles. The number of aromatic nitrogens is 3. The van der Waals surface area contributed by atoms with Gasteiger partial charge >= 0.3 is 0 Å². The van der Waals surface area contributed by atoms with Gasteiger partial charge in [-0.3, -0.25) is 0 Å². The Hall–Kier alpha value is -1.88. The first-order valence-electron chi connectivity index (χ1n) is 6.74. The second kappa shape index (κ2) is 5.40. The standard InChI is InChI=1S/C14H19N5/c1-15-9-11-6-8-19(10-11)14-5-4-13(17-18-14)12-3-2-7-16-12/h2-5,7,11,15-16H,6,8-10H2,1H3. The highest BCUT2D eigenvalue weighted by Crippen LogP contribution is 2.22. The zero-order valence-corrected chi connectivity index (χ0v) is 11.1. The number of H-pyrrole nitrogens is 1. The lowest BCUT2D eigenvalue weighted by Gasteiger charge is -2.16. The minimum absolute atomic E-state index is 0.717. The second-order valence-electron chi connectivity index (χ2n) is 5.02. The average Bonchev–Trinajstić information content (AvgIpc) is 3.10. The molecular weight excluding hydrogens is 238 g/mol. The lowest BCUT2D eigenvalue weighted by molar-refractivity contribution is 0.548. The predicted octanol–water partition coefficient (Wildman–Crippen LogP) is 1.52. The molecule has 100 valence electrons. The molecule has 1 aliphatic rings. The molecule has 3 heterocycles. The molecule has 2 aromatic rings. The highest BCUT2D eigenvalue weighted by Gasteiger charge is 2.23. The summed E-state index contributed by atoms with van der Waals surface area (Å²) in [5, 5.41) is 11.9. The first-order chi connectivity index (χ1) is 9.36. The van der Waals surface area contributed by atoms with Gasteiger partial charge in [-0.05, 0) is 50.2 Å². The second-order valence-corrected chi connectivity index (χ2v) is 5.02. The van der Waals surface area contributed by atoms with E-state index in [2.05, 4.69) is 31.5 Å². The van der Waals surface area contributed by atoms with E-state index in [4.69, 9.17) is 0 Å². The maximum Gasteiger partial charge on any atom is 0.151 e. The molecule has 2 N–H and O–H groups in total. The zero-order chi connectivity index (χ0) is 13.1. The van der Waals surface area contributed by atoms with Crippen molar-refractivity contribution in [1.29, 1.82) is 0 Å². The molecule has 0 aromatic carbocycles. The first-order valence-corrected chi connectivity index (χ1v) is 6.74. The molecule has 5 heteroatoms. The normalized spacial score (nSPS) is 19.0. The third-order valence-electron chi connectivity index (χ3n) is 3.63. The predicted molar refractivity (Wildman–Crippen MR) is 76.1 cm³/mol. The fourth-order valence-corrected chi connectivity index (χ4v) is 2.62.